The molecular formula is C26H16B12N2O2. The fraction of sp³-hybridized carbons (Fsp3) is 0.231. The SMILES string of the molecule is [B][10B]C1[10B]([B])C1([10B][B])Cc1ccc(Oc2cc(C#N)c(C#N)cc2Oc2ccc(CC3([10B][B])[10B]([B])C3[10B][B])cc2)cc1. The molecule has 0 aromatic heterocycles. The molecule has 3 aromatic rings. The van der Waals surface area contributed by atoms with Gasteiger partial charge in [0.1, 0.15) is 23.6 Å². The summed E-state index contributed by atoms with van der Waals surface area (Å²) in [5, 5.41) is 18.5. The third kappa shape index (κ3) is 5.55. The smallest absolute Gasteiger partial charge is 0.171 e. The van der Waals surface area contributed by atoms with Crippen molar-refractivity contribution in [1.29, 1.82) is 10.5 Å². The predicted molar refractivity (Wildman–Crippen MR) is 178 cm³/mol. The summed E-state index contributed by atoms with van der Waals surface area (Å²) in [5.41, 5.74) is 2.46. The maximum absolute atomic E-state index is 9.60. The summed E-state index contributed by atoms with van der Waals surface area (Å²) in [4.78, 5) is 0. The summed E-state index contributed by atoms with van der Waals surface area (Å²) in [6.07, 6.45) is 1.29. The summed E-state index contributed by atoms with van der Waals surface area (Å²) in [6.45, 7) is -0.235. The van der Waals surface area contributed by atoms with Gasteiger partial charge in [-0.1, -0.05) is 24.3 Å². The average Bonchev–Trinajstić information content (AvgIpc) is 3.81. The summed E-state index contributed by atoms with van der Waals surface area (Å²) in [6, 6.07) is 22.1. The molecule has 16 heteroatoms. The van der Waals surface area contributed by atoms with Crippen molar-refractivity contribution in [1.82, 2.24) is 0 Å². The van der Waals surface area contributed by atoms with Gasteiger partial charge in [-0.2, -0.15) is 10.5 Å². The molecule has 0 aliphatic carbocycles. The monoisotopic (exact) mass is 514 g/mol. The zero-order valence-electron chi connectivity index (χ0n) is 23.0. The molecule has 2 aliphatic rings. The zero-order valence-corrected chi connectivity index (χ0v) is 23.0. The molecule has 0 spiro atoms. The van der Waals surface area contributed by atoms with E-state index in [9.17, 15) is 10.5 Å². The van der Waals surface area contributed by atoms with Crippen LogP contribution < -0.4 is 9.47 Å². The van der Waals surface area contributed by atoms with E-state index in [0.29, 0.717) is 24.3 Å². The Balaban J connectivity index is 1.34. The first-order valence-electron chi connectivity index (χ1n) is 13.5. The topological polar surface area (TPSA) is 66.0 Å². The quantitative estimate of drug-likeness (QED) is 0.346. The molecule has 16 radical (unpaired) electrons. The molecule has 178 valence electrons. The van der Waals surface area contributed by atoms with Gasteiger partial charge in [-0.15, -0.1) is 21.9 Å². The Kier molecular flexibility index (Phi) is 8.94. The van der Waals surface area contributed by atoms with Crippen LogP contribution >= 0.6 is 0 Å². The standard InChI is InChI=1S/C26H16B12N2O2/c27-33-23-25(35-29,37(23)31)11-15-1-5-19(6-2-15)41-21-9-17(13-39)18(14-40)10-22(21)42-20-7-3-16(4-8-20)12-26(36-30)24(34-28)38(26)32/h1-10,23-24H,11-12H2/i33-1,34-1,35-1,36-1,37-1,38-1. The van der Waals surface area contributed by atoms with E-state index in [0.717, 1.165) is 11.1 Å². The van der Waals surface area contributed by atoms with Crippen LogP contribution in [-0.4, -0.2) is 88.3 Å². The van der Waals surface area contributed by atoms with Crippen molar-refractivity contribution in [2.75, 3.05) is 0 Å². The van der Waals surface area contributed by atoms with Crippen LogP contribution in [0.15, 0.2) is 60.7 Å². The number of hydrogen-bond acceptors (Lipinski definition) is 4. The third-order valence-electron chi connectivity index (χ3n) is 8.72. The molecule has 2 aliphatic heterocycles. The molecule has 0 amide bonds. The van der Waals surface area contributed by atoms with Gasteiger partial charge < -0.3 is 9.47 Å². The minimum atomic E-state index is -0.360. The van der Waals surface area contributed by atoms with Crippen molar-refractivity contribution >= 4 is 88.3 Å². The Bertz CT molecular complexity index is 1420. The van der Waals surface area contributed by atoms with E-state index in [1.165, 1.54) is 12.1 Å². The lowest BCUT2D eigenvalue weighted by atomic mass is 8.78. The molecule has 2 fully saturated rings. The van der Waals surface area contributed by atoms with E-state index in [2.05, 4.69) is 0 Å². The summed E-state index contributed by atoms with van der Waals surface area (Å²) < 4.78 is 12.3. The van der Waals surface area contributed by atoms with Crippen molar-refractivity contribution in [3.63, 3.8) is 0 Å². The van der Waals surface area contributed by atoms with E-state index in [1.54, 1.807) is 28.7 Å². The highest BCUT2D eigenvalue weighted by Crippen LogP contribution is 2.62. The Morgan fingerprint density at radius 1 is 0.667 bits per heavy atom. The lowest BCUT2D eigenvalue weighted by Crippen LogP contribution is -2.16. The number of nitrogens with zero attached hydrogens (tertiary/aromatic N) is 2. The highest BCUT2D eigenvalue weighted by Gasteiger charge is 2.58. The normalized spacial score (nSPS) is 23.6. The van der Waals surface area contributed by atoms with Crippen LogP contribution in [0.1, 0.15) is 22.3 Å². The van der Waals surface area contributed by atoms with Crippen LogP contribution in [0.2, 0.25) is 21.9 Å². The lowest BCUT2D eigenvalue weighted by molar-refractivity contribution is 0.418. The predicted octanol–water partition coefficient (Wildman–Crippen LogP) is 1.65. The van der Waals surface area contributed by atoms with Crippen LogP contribution in [0.3, 0.4) is 0 Å². The number of hydrogen-bond donors (Lipinski definition) is 0. The van der Waals surface area contributed by atoms with Gasteiger partial charge in [-0.3, -0.25) is 0 Å². The first-order chi connectivity index (χ1) is 20.3. The van der Waals surface area contributed by atoms with Gasteiger partial charge in [-0.25, -0.2) is 0 Å². The Morgan fingerprint density at radius 3 is 1.29 bits per heavy atom. The largest absolute Gasteiger partial charge is 0.453 e. The van der Waals surface area contributed by atoms with Crippen LogP contribution in [0.25, 0.3) is 0 Å². The second kappa shape index (κ2) is 12.3. The molecule has 2 heterocycles. The lowest BCUT2D eigenvalue weighted by Gasteiger charge is -2.18. The Hall–Kier alpha value is -2.98. The van der Waals surface area contributed by atoms with Crippen LogP contribution in [-0.2, 0) is 12.8 Å². The minimum Gasteiger partial charge on any atom is -0.453 e. The molecule has 4 nitrogen and oxygen atoms in total. The first-order valence-corrected chi connectivity index (χ1v) is 13.5. The number of benzene rings is 3. The van der Waals surface area contributed by atoms with Gasteiger partial charge in [0, 0.05) is 72.9 Å². The molecule has 5 rings (SSSR count). The van der Waals surface area contributed by atoms with Crippen LogP contribution in [0.5, 0.6) is 23.0 Å². The van der Waals surface area contributed by atoms with Crippen molar-refractivity contribution in [3.05, 3.63) is 82.9 Å². The van der Waals surface area contributed by atoms with Gasteiger partial charge in [0.2, 0.25) is 0 Å². The van der Waals surface area contributed by atoms with Gasteiger partial charge in [0.05, 0.1) is 38.7 Å². The third-order valence-corrected chi connectivity index (χ3v) is 8.72. The van der Waals surface area contributed by atoms with E-state index in [4.69, 9.17) is 55.9 Å². The van der Waals surface area contributed by atoms with E-state index in [-0.39, 0.29) is 57.7 Å². The van der Waals surface area contributed by atoms with Crippen molar-refractivity contribution in [3.8, 4) is 35.1 Å². The number of rotatable bonds is 12. The second-order valence-electron chi connectivity index (χ2n) is 11.0. The van der Waals surface area contributed by atoms with Gasteiger partial charge in [0.25, 0.3) is 0 Å². The molecule has 2 saturated heterocycles. The molecular weight excluding hydrogens is 497 g/mol. The molecule has 3 aromatic carbocycles. The van der Waals surface area contributed by atoms with Crippen molar-refractivity contribution < 1.29 is 9.47 Å². The van der Waals surface area contributed by atoms with Crippen LogP contribution in [0, 0.1) is 22.7 Å². The zero-order chi connectivity index (χ0) is 30.1. The highest BCUT2D eigenvalue weighted by molar-refractivity contribution is 7.29. The van der Waals surface area contributed by atoms with Gasteiger partial charge in [-0.05, 0) is 48.2 Å². The van der Waals surface area contributed by atoms with Crippen molar-refractivity contribution in [2.45, 2.75) is 34.7 Å². The summed E-state index contributed by atoms with van der Waals surface area (Å²) >= 11 is 0. The van der Waals surface area contributed by atoms with E-state index in [1.807, 2.05) is 60.7 Å². The molecule has 4 unspecified atom stereocenters. The first kappa shape index (κ1) is 30.5. The molecule has 0 bridgehead atoms. The molecule has 0 saturated carbocycles. The maximum Gasteiger partial charge on any atom is 0.171 e. The number of nitriles is 2. The average molecular weight is 513 g/mol. The van der Waals surface area contributed by atoms with Crippen molar-refractivity contribution in [2.24, 2.45) is 0 Å². The molecule has 0 N–H and O–H groups in total. The Labute approximate surface area is 260 Å². The van der Waals surface area contributed by atoms with E-state index < -0.39 is 0 Å². The Morgan fingerprint density at radius 2 is 1.02 bits per heavy atom. The minimum absolute atomic E-state index is 0.0306. The van der Waals surface area contributed by atoms with Crippen LogP contribution in [0.4, 0.5) is 0 Å². The van der Waals surface area contributed by atoms with Gasteiger partial charge in [0.15, 0.2) is 11.5 Å². The number of ether oxygens (including phenoxy) is 2. The second-order valence-corrected chi connectivity index (χ2v) is 11.0. The molecule has 42 heavy (non-hydrogen) atoms. The summed E-state index contributed by atoms with van der Waals surface area (Å²) in [5.74, 6) is 1.63. The fourth-order valence-electron chi connectivity index (χ4n) is 5.89. The fourth-order valence-corrected chi connectivity index (χ4v) is 5.89. The summed E-state index contributed by atoms with van der Waals surface area (Å²) in [7, 11) is 42.2. The maximum atomic E-state index is 9.60. The van der Waals surface area contributed by atoms with Gasteiger partial charge >= 0.3 is 0 Å². The highest BCUT2D eigenvalue weighted by atomic mass is 16.5. The molecule has 4 atom stereocenters. The van der Waals surface area contributed by atoms with E-state index >= 15 is 0 Å².